The zero-order valence-electron chi connectivity index (χ0n) is 8.81. The number of amidine groups is 1. The number of morpholine rings is 1. The van der Waals surface area contributed by atoms with Crippen molar-refractivity contribution in [3.05, 3.63) is 0 Å². The van der Waals surface area contributed by atoms with Crippen molar-refractivity contribution in [2.24, 2.45) is 10.9 Å². The minimum Gasteiger partial charge on any atom is -0.409 e. The topological polar surface area (TPSA) is 71.1 Å². The average Bonchev–Trinajstić information content (AvgIpc) is 2.12. The highest BCUT2D eigenvalue weighted by Gasteiger charge is 2.21. The molecule has 0 radical (unpaired) electrons. The van der Waals surface area contributed by atoms with E-state index in [2.05, 4.69) is 23.9 Å². The standard InChI is InChI=1S/C9H19N3O2/c1-7-5-12(6-8(2)14-7)4-3-9(10)11-13/h7-8,13H,3-6H2,1-2H3,(H2,10,11)/t7-,8+. The van der Waals surface area contributed by atoms with Gasteiger partial charge in [-0.05, 0) is 13.8 Å². The summed E-state index contributed by atoms with van der Waals surface area (Å²) in [6.07, 6.45) is 1.15. The molecule has 5 heteroatoms. The largest absolute Gasteiger partial charge is 0.409 e. The summed E-state index contributed by atoms with van der Waals surface area (Å²) < 4.78 is 5.60. The van der Waals surface area contributed by atoms with Gasteiger partial charge in [-0.1, -0.05) is 5.16 Å². The predicted molar refractivity (Wildman–Crippen MR) is 54.5 cm³/mol. The van der Waals surface area contributed by atoms with Crippen LogP contribution >= 0.6 is 0 Å². The molecule has 2 atom stereocenters. The van der Waals surface area contributed by atoms with Gasteiger partial charge in [-0.2, -0.15) is 0 Å². The molecule has 0 aromatic carbocycles. The van der Waals surface area contributed by atoms with Crippen molar-refractivity contribution in [3.8, 4) is 0 Å². The van der Waals surface area contributed by atoms with Crippen LogP contribution in [0.4, 0.5) is 0 Å². The molecule has 3 N–H and O–H groups in total. The van der Waals surface area contributed by atoms with E-state index in [1.807, 2.05) is 0 Å². The van der Waals surface area contributed by atoms with E-state index in [0.717, 1.165) is 19.6 Å². The molecule has 1 aliphatic heterocycles. The molecule has 0 amide bonds. The third-order valence-electron chi connectivity index (χ3n) is 2.31. The molecular weight excluding hydrogens is 182 g/mol. The molecule has 0 unspecified atom stereocenters. The van der Waals surface area contributed by atoms with E-state index in [0.29, 0.717) is 6.42 Å². The van der Waals surface area contributed by atoms with E-state index in [-0.39, 0.29) is 18.0 Å². The molecular formula is C9H19N3O2. The molecule has 1 aliphatic rings. The summed E-state index contributed by atoms with van der Waals surface area (Å²) >= 11 is 0. The van der Waals surface area contributed by atoms with Crippen molar-refractivity contribution in [2.45, 2.75) is 32.5 Å². The summed E-state index contributed by atoms with van der Waals surface area (Å²) in [6, 6.07) is 0. The van der Waals surface area contributed by atoms with E-state index < -0.39 is 0 Å². The van der Waals surface area contributed by atoms with E-state index in [1.165, 1.54) is 0 Å². The fraction of sp³-hybridized carbons (Fsp3) is 0.889. The van der Waals surface area contributed by atoms with Crippen LogP contribution in [0.2, 0.25) is 0 Å². The highest BCUT2D eigenvalue weighted by molar-refractivity contribution is 5.79. The second-order valence-electron chi connectivity index (χ2n) is 3.86. The summed E-state index contributed by atoms with van der Waals surface area (Å²) in [4.78, 5) is 2.27. The first-order chi connectivity index (χ1) is 6.61. The SMILES string of the molecule is C[C@@H]1CN(CC/C(N)=N/O)C[C@H](C)O1. The van der Waals surface area contributed by atoms with Gasteiger partial charge in [0, 0.05) is 26.1 Å². The van der Waals surface area contributed by atoms with E-state index in [9.17, 15) is 0 Å². The monoisotopic (exact) mass is 201 g/mol. The Balaban J connectivity index is 2.30. The van der Waals surface area contributed by atoms with Crippen LogP contribution in [0.5, 0.6) is 0 Å². The second-order valence-corrected chi connectivity index (χ2v) is 3.86. The number of hydrogen-bond acceptors (Lipinski definition) is 4. The van der Waals surface area contributed by atoms with Gasteiger partial charge >= 0.3 is 0 Å². The first-order valence-corrected chi connectivity index (χ1v) is 4.96. The van der Waals surface area contributed by atoms with Gasteiger partial charge in [0.1, 0.15) is 5.84 Å². The van der Waals surface area contributed by atoms with E-state index >= 15 is 0 Å². The first kappa shape index (κ1) is 11.3. The van der Waals surface area contributed by atoms with Crippen molar-refractivity contribution in [1.29, 1.82) is 0 Å². The van der Waals surface area contributed by atoms with Crippen LogP contribution in [-0.2, 0) is 4.74 Å². The molecule has 1 rings (SSSR count). The van der Waals surface area contributed by atoms with Crippen molar-refractivity contribution in [2.75, 3.05) is 19.6 Å². The van der Waals surface area contributed by atoms with Crippen LogP contribution < -0.4 is 5.73 Å². The quantitative estimate of drug-likeness (QED) is 0.297. The average molecular weight is 201 g/mol. The molecule has 14 heavy (non-hydrogen) atoms. The predicted octanol–water partition coefficient (Wildman–Crippen LogP) is 0.232. The fourth-order valence-electron chi connectivity index (χ4n) is 1.79. The van der Waals surface area contributed by atoms with Crippen molar-refractivity contribution >= 4 is 5.84 Å². The second kappa shape index (κ2) is 5.17. The van der Waals surface area contributed by atoms with Gasteiger partial charge in [-0.15, -0.1) is 0 Å². The Morgan fingerprint density at radius 1 is 1.50 bits per heavy atom. The van der Waals surface area contributed by atoms with Gasteiger partial charge in [0.25, 0.3) is 0 Å². The summed E-state index contributed by atoms with van der Waals surface area (Å²) in [5.41, 5.74) is 5.40. The lowest BCUT2D eigenvalue weighted by Gasteiger charge is -2.35. The Bertz CT molecular complexity index is 198. The van der Waals surface area contributed by atoms with E-state index in [1.54, 1.807) is 0 Å². The number of ether oxygens (including phenoxy) is 1. The van der Waals surface area contributed by atoms with Crippen molar-refractivity contribution < 1.29 is 9.94 Å². The summed E-state index contributed by atoms with van der Waals surface area (Å²) in [6.45, 7) is 6.79. The lowest BCUT2D eigenvalue weighted by molar-refractivity contribution is -0.0671. The van der Waals surface area contributed by atoms with Gasteiger partial charge in [-0.3, -0.25) is 4.90 Å². The fourth-order valence-corrected chi connectivity index (χ4v) is 1.79. The number of oxime groups is 1. The summed E-state index contributed by atoms with van der Waals surface area (Å²) in [7, 11) is 0. The van der Waals surface area contributed by atoms with Crippen LogP contribution in [0, 0.1) is 0 Å². The minimum atomic E-state index is 0.269. The van der Waals surface area contributed by atoms with Crippen LogP contribution in [0.15, 0.2) is 5.16 Å². The molecule has 0 aliphatic carbocycles. The van der Waals surface area contributed by atoms with Crippen LogP contribution in [-0.4, -0.2) is 47.8 Å². The van der Waals surface area contributed by atoms with Gasteiger partial charge in [-0.25, -0.2) is 0 Å². The molecule has 0 aromatic rings. The lowest BCUT2D eigenvalue weighted by atomic mass is 10.2. The van der Waals surface area contributed by atoms with Gasteiger partial charge in [0.15, 0.2) is 0 Å². The zero-order valence-corrected chi connectivity index (χ0v) is 8.81. The smallest absolute Gasteiger partial charge is 0.140 e. The Hall–Kier alpha value is -0.810. The minimum absolute atomic E-state index is 0.269. The Labute approximate surface area is 84.5 Å². The van der Waals surface area contributed by atoms with E-state index in [4.69, 9.17) is 15.7 Å². The maximum atomic E-state index is 8.39. The molecule has 1 fully saturated rings. The maximum absolute atomic E-state index is 8.39. The molecule has 0 saturated carbocycles. The molecule has 1 heterocycles. The first-order valence-electron chi connectivity index (χ1n) is 4.96. The number of rotatable bonds is 3. The Morgan fingerprint density at radius 2 is 2.07 bits per heavy atom. The zero-order chi connectivity index (χ0) is 10.6. The highest BCUT2D eigenvalue weighted by atomic mass is 16.5. The van der Waals surface area contributed by atoms with Gasteiger partial charge in [0.05, 0.1) is 12.2 Å². The van der Waals surface area contributed by atoms with Gasteiger partial charge < -0.3 is 15.7 Å². The number of hydrogen-bond donors (Lipinski definition) is 2. The maximum Gasteiger partial charge on any atom is 0.140 e. The van der Waals surface area contributed by atoms with Crippen LogP contribution in [0.3, 0.4) is 0 Å². The number of nitrogens with two attached hydrogens (primary N) is 1. The van der Waals surface area contributed by atoms with Crippen LogP contribution in [0.1, 0.15) is 20.3 Å². The molecule has 82 valence electrons. The molecule has 0 bridgehead atoms. The third kappa shape index (κ3) is 3.51. The Morgan fingerprint density at radius 3 is 2.57 bits per heavy atom. The summed E-state index contributed by atoms with van der Waals surface area (Å²) in [5.74, 6) is 0.289. The highest BCUT2D eigenvalue weighted by Crippen LogP contribution is 2.10. The molecule has 5 nitrogen and oxygen atoms in total. The van der Waals surface area contributed by atoms with Gasteiger partial charge in [0.2, 0.25) is 0 Å². The molecule has 0 aromatic heterocycles. The number of nitrogens with zero attached hydrogens (tertiary/aromatic N) is 2. The normalized spacial score (nSPS) is 30.6. The van der Waals surface area contributed by atoms with Crippen LogP contribution in [0.25, 0.3) is 0 Å². The third-order valence-corrected chi connectivity index (χ3v) is 2.31. The molecule has 0 spiro atoms. The van der Waals surface area contributed by atoms with Crippen molar-refractivity contribution in [3.63, 3.8) is 0 Å². The summed E-state index contributed by atoms with van der Waals surface area (Å²) in [5, 5.41) is 11.3. The van der Waals surface area contributed by atoms with Crippen molar-refractivity contribution in [1.82, 2.24) is 4.90 Å². The molecule has 1 saturated heterocycles. The Kier molecular flexibility index (Phi) is 4.16. The lowest BCUT2D eigenvalue weighted by Crippen LogP contribution is -2.46.